The fraction of sp³-hybridized carbons (Fsp3) is 0.464. The molecular weight excluding hydrogens is 458 g/mol. The number of nitrogens with zero attached hydrogens (tertiary/aromatic N) is 2. The molecule has 36 heavy (non-hydrogen) atoms. The van der Waals surface area contributed by atoms with Gasteiger partial charge in [0.25, 0.3) is 0 Å². The molecule has 3 atom stereocenters. The highest BCUT2D eigenvalue weighted by atomic mass is 16.5. The van der Waals surface area contributed by atoms with Gasteiger partial charge in [-0.15, -0.1) is 0 Å². The molecule has 8 nitrogen and oxygen atoms in total. The van der Waals surface area contributed by atoms with Crippen LogP contribution in [0, 0.1) is 11.8 Å². The van der Waals surface area contributed by atoms with Gasteiger partial charge in [-0.3, -0.25) is 9.59 Å². The van der Waals surface area contributed by atoms with Crippen molar-refractivity contribution in [1.82, 2.24) is 9.80 Å². The van der Waals surface area contributed by atoms with E-state index in [4.69, 9.17) is 9.47 Å². The maximum atomic E-state index is 13.7. The number of nitrogens with one attached hydrogen (secondary N) is 1. The number of hydrogen-bond acceptors (Lipinski definition) is 5. The number of methoxy groups -OCH3 is 1. The molecular formula is C28H35N3O5. The van der Waals surface area contributed by atoms with Crippen LogP contribution in [0.1, 0.15) is 37.7 Å². The van der Waals surface area contributed by atoms with Gasteiger partial charge in [-0.25, -0.2) is 4.79 Å². The second kappa shape index (κ2) is 11.9. The van der Waals surface area contributed by atoms with Crippen molar-refractivity contribution in [2.24, 2.45) is 11.8 Å². The van der Waals surface area contributed by atoms with Crippen LogP contribution in [-0.4, -0.2) is 67.6 Å². The molecule has 0 aliphatic carbocycles. The highest BCUT2D eigenvalue weighted by Gasteiger charge is 2.38. The largest absolute Gasteiger partial charge is 0.497 e. The van der Waals surface area contributed by atoms with Crippen molar-refractivity contribution in [3.8, 4) is 5.75 Å². The number of carbonyl (C=O) groups is 3. The van der Waals surface area contributed by atoms with E-state index in [2.05, 4.69) is 17.4 Å². The number of amides is 3. The summed E-state index contributed by atoms with van der Waals surface area (Å²) in [5, 5.41) is 2.96. The van der Waals surface area contributed by atoms with Crippen LogP contribution in [0.2, 0.25) is 0 Å². The van der Waals surface area contributed by atoms with Gasteiger partial charge >= 0.3 is 12.0 Å². The molecule has 2 saturated heterocycles. The number of carbonyl (C=O) groups excluding carboxylic acids is 3. The Kier molecular flexibility index (Phi) is 8.46. The van der Waals surface area contributed by atoms with Crippen LogP contribution in [0.3, 0.4) is 0 Å². The second-order valence-electron chi connectivity index (χ2n) is 9.48. The lowest BCUT2D eigenvalue weighted by atomic mass is 9.83. The van der Waals surface area contributed by atoms with Crippen LogP contribution < -0.4 is 10.1 Å². The Morgan fingerprint density at radius 3 is 2.36 bits per heavy atom. The summed E-state index contributed by atoms with van der Waals surface area (Å²) < 4.78 is 10.4. The minimum atomic E-state index is -0.341. The Labute approximate surface area is 212 Å². The number of urea groups is 1. The smallest absolute Gasteiger partial charge is 0.321 e. The van der Waals surface area contributed by atoms with Gasteiger partial charge in [0, 0.05) is 37.8 Å². The van der Waals surface area contributed by atoms with Crippen molar-refractivity contribution in [3.63, 3.8) is 0 Å². The Bertz CT molecular complexity index is 1040. The molecule has 3 unspecified atom stereocenters. The fourth-order valence-corrected chi connectivity index (χ4v) is 5.18. The molecule has 192 valence electrons. The third-order valence-corrected chi connectivity index (χ3v) is 7.05. The maximum Gasteiger partial charge on any atom is 0.321 e. The first-order chi connectivity index (χ1) is 17.5. The molecule has 0 bridgehead atoms. The van der Waals surface area contributed by atoms with Crippen molar-refractivity contribution in [2.45, 2.75) is 32.1 Å². The molecule has 0 aromatic heterocycles. The van der Waals surface area contributed by atoms with Gasteiger partial charge in [-0.05, 0) is 56.0 Å². The number of benzene rings is 2. The normalized spacial score (nSPS) is 22.0. The molecule has 8 heteroatoms. The van der Waals surface area contributed by atoms with Crippen LogP contribution in [0.5, 0.6) is 5.75 Å². The summed E-state index contributed by atoms with van der Waals surface area (Å²) in [6, 6.07) is 17.0. The van der Waals surface area contributed by atoms with Gasteiger partial charge in [-0.1, -0.05) is 30.3 Å². The van der Waals surface area contributed by atoms with Gasteiger partial charge in [0.1, 0.15) is 5.75 Å². The molecule has 0 radical (unpaired) electrons. The predicted molar refractivity (Wildman–Crippen MR) is 137 cm³/mol. The third-order valence-electron chi connectivity index (χ3n) is 7.05. The summed E-state index contributed by atoms with van der Waals surface area (Å²) in [6.07, 6.45) is 2.16. The van der Waals surface area contributed by atoms with Crippen molar-refractivity contribution in [1.29, 1.82) is 0 Å². The molecule has 1 N–H and O–H groups in total. The van der Waals surface area contributed by atoms with E-state index < -0.39 is 0 Å². The lowest BCUT2D eigenvalue weighted by Gasteiger charge is -2.40. The average Bonchev–Trinajstić information content (AvgIpc) is 2.93. The van der Waals surface area contributed by atoms with Crippen LogP contribution >= 0.6 is 0 Å². The van der Waals surface area contributed by atoms with E-state index in [-0.39, 0.29) is 35.7 Å². The van der Waals surface area contributed by atoms with Gasteiger partial charge in [0.05, 0.1) is 25.6 Å². The SMILES string of the molecule is CCOC(=O)C1CCCN(C(=O)C2CC(c3ccccc3)CN(C(=O)Nc3ccc(OC)cc3)C2)C1. The van der Waals surface area contributed by atoms with E-state index in [9.17, 15) is 14.4 Å². The third kappa shape index (κ3) is 6.17. The number of likely N-dealkylation sites (tertiary alicyclic amines) is 2. The zero-order chi connectivity index (χ0) is 25.5. The fourth-order valence-electron chi connectivity index (χ4n) is 5.18. The van der Waals surface area contributed by atoms with Crippen molar-refractivity contribution in [3.05, 3.63) is 60.2 Å². The topological polar surface area (TPSA) is 88.2 Å². The Balaban J connectivity index is 1.49. The predicted octanol–water partition coefficient (Wildman–Crippen LogP) is 4.13. The number of hydrogen-bond donors (Lipinski definition) is 1. The molecule has 0 saturated carbocycles. The Morgan fingerprint density at radius 1 is 0.944 bits per heavy atom. The molecule has 2 aliphatic rings. The van der Waals surface area contributed by atoms with Gasteiger partial charge in [0.15, 0.2) is 0 Å². The standard InChI is InChI=1S/C28H35N3O5/c1-3-36-27(33)21-10-7-15-30(17-21)26(32)23-16-22(20-8-5-4-6-9-20)18-31(19-23)28(34)29-24-11-13-25(35-2)14-12-24/h4-6,8-9,11-14,21-23H,3,7,10,15-19H2,1-2H3,(H,29,34). The van der Waals surface area contributed by atoms with Crippen LogP contribution in [0.15, 0.2) is 54.6 Å². The lowest BCUT2D eigenvalue weighted by Crippen LogP contribution is -2.52. The molecule has 0 spiro atoms. The van der Waals surface area contributed by atoms with E-state index in [1.165, 1.54) is 0 Å². The van der Waals surface area contributed by atoms with Crippen molar-refractivity contribution in [2.75, 3.05) is 45.2 Å². The monoisotopic (exact) mass is 493 g/mol. The maximum absolute atomic E-state index is 13.7. The number of rotatable bonds is 6. The van der Waals surface area contributed by atoms with Crippen LogP contribution in [0.25, 0.3) is 0 Å². The molecule has 2 heterocycles. The zero-order valence-electron chi connectivity index (χ0n) is 21.0. The number of ether oxygens (including phenoxy) is 2. The van der Waals surface area contributed by atoms with E-state index >= 15 is 0 Å². The number of esters is 1. The van der Waals surface area contributed by atoms with Gasteiger partial charge in [0.2, 0.25) is 5.91 Å². The van der Waals surface area contributed by atoms with Crippen molar-refractivity contribution >= 4 is 23.6 Å². The summed E-state index contributed by atoms with van der Waals surface area (Å²) in [4.78, 5) is 42.7. The first-order valence-electron chi connectivity index (χ1n) is 12.7. The van der Waals surface area contributed by atoms with E-state index in [0.717, 1.165) is 18.4 Å². The van der Waals surface area contributed by atoms with Gasteiger partial charge < -0.3 is 24.6 Å². The first-order valence-corrected chi connectivity index (χ1v) is 12.7. The highest BCUT2D eigenvalue weighted by molar-refractivity contribution is 5.90. The summed E-state index contributed by atoms with van der Waals surface area (Å²) in [7, 11) is 1.60. The minimum absolute atomic E-state index is 0.00637. The first kappa shape index (κ1) is 25.5. The molecule has 2 aromatic carbocycles. The summed E-state index contributed by atoms with van der Waals surface area (Å²) in [5.74, 6) is -0.102. The average molecular weight is 494 g/mol. The molecule has 2 aromatic rings. The molecule has 4 rings (SSSR count). The van der Waals surface area contributed by atoms with Crippen molar-refractivity contribution < 1.29 is 23.9 Å². The Hall–Kier alpha value is -3.55. The van der Waals surface area contributed by atoms with E-state index in [0.29, 0.717) is 50.6 Å². The number of piperidine rings is 2. The number of anilines is 1. The molecule has 2 aliphatic heterocycles. The highest BCUT2D eigenvalue weighted by Crippen LogP contribution is 2.33. The Morgan fingerprint density at radius 2 is 1.67 bits per heavy atom. The summed E-state index contributed by atoms with van der Waals surface area (Å²) >= 11 is 0. The summed E-state index contributed by atoms with van der Waals surface area (Å²) in [5.41, 5.74) is 1.78. The van der Waals surface area contributed by atoms with Crippen LogP contribution in [-0.2, 0) is 14.3 Å². The second-order valence-corrected chi connectivity index (χ2v) is 9.48. The molecule has 3 amide bonds. The lowest BCUT2D eigenvalue weighted by molar-refractivity contribution is -0.152. The minimum Gasteiger partial charge on any atom is -0.497 e. The van der Waals surface area contributed by atoms with Crippen LogP contribution in [0.4, 0.5) is 10.5 Å². The van der Waals surface area contributed by atoms with E-state index in [1.54, 1.807) is 48.1 Å². The quantitative estimate of drug-likeness (QED) is 0.612. The summed E-state index contributed by atoms with van der Waals surface area (Å²) in [6.45, 7) is 4.00. The zero-order valence-corrected chi connectivity index (χ0v) is 21.0. The van der Waals surface area contributed by atoms with E-state index in [1.807, 2.05) is 18.2 Å². The molecule has 2 fully saturated rings. The van der Waals surface area contributed by atoms with Gasteiger partial charge in [-0.2, -0.15) is 0 Å².